The predicted molar refractivity (Wildman–Crippen MR) is 81.8 cm³/mol. The van der Waals surface area contributed by atoms with E-state index >= 15 is 0 Å². The number of sulfonamides is 1. The summed E-state index contributed by atoms with van der Waals surface area (Å²) >= 11 is 8.91. The molecule has 0 atom stereocenters. The second-order valence-corrected chi connectivity index (χ2v) is 8.57. The molecule has 4 nitrogen and oxygen atoms in total. The molecule has 0 aliphatic rings. The van der Waals surface area contributed by atoms with Gasteiger partial charge in [-0.2, -0.15) is 0 Å². The number of rotatable bonds is 5. The average Bonchev–Trinajstić information content (AvgIpc) is 2.26. The predicted octanol–water partition coefficient (Wildman–Crippen LogP) is 2.85. The molecule has 0 saturated heterocycles. The topological polar surface area (TPSA) is 63.4 Å². The van der Waals surface area contributed by atoms with Gasteiger partial charge in [0.1, 0.15) is 10.7 Å². The Hall–Kier alpha value is -0.210. The number of hydrogen-bond acceptors (Lipinski definition) is 3. The molecule has 0 radical (unpaired) electrons. The molecule has 0 aliphatic carbocycles. The highest BCUT2D eigenvalue weighted by Gasteiger charge is 2.30. The summed E-state index contributed by atoms with van der Waals surface area (Å²) in [6, 6.07) is 2.04. The normalized spacial score (nSPS) is 13.0. The molecule has 2 N–H and O–H groups in total. The van der Waals surface area contributed by atoms with Gasteiger partial charge in [-0.15, -0.1) is 0 Å². The van der Waals surface area contributed by atoms with E-state index in [1.807, 2.05) is 13.8 Å². The lowest BCUT2D eigenvalue weighted by Crippen LogP contribution is -2.39. The minimum Gasteiger partial charge on any atom is -0.330 e. The van der Waals surface area contributed by atoms with E-state index in [9.17, 15) is 12.8 Å². The molecular formula is C12H17BrClFN2O2S. The summed E-state index contributed by atoms with van der Waals surface area (Å²) in [5, 5.41) is -0.158. The lowest BCUT2D eigenvalue weighted by Gasteiger charge is -2.29. The lowest BCUT2D eigenvalue weighted by atomic mass is 9.94. The maximum Gasteiger partial charge on any atom is 0.245 e. The molecule has 0 aromatic heterocycles. The summed E-state index contributed by atoms with van der Waals surface area (Å²) in [5.41, 5.74) is 5.24. The molecule has 0 heterocycles. The Morgan fingerprint density at radius 3 is 2.45 bits per heavy atom. The first kappa shape index (κ1) is 17.8. The third kappa shape index (κ3) is 3.92. The molecule has 0 saturated carbocycles. The van der Waals surface area contributed by atoms with Gasteiger partial charge in [-0.3, -0.25) is 0 Å². The van der Waals surface area contributed by atoms with Gasteiger partial charge in [-0.25, -0.2) is 17.1 Å². The number of benzene rings is 1. The second kappa shape index (κ2) is 6.27. The van der Waals surface area contributed by atoms with Crippen molar-refractivity contribution < 1.29 is 12.8 Å². The van der Waals surface area contributed by atoms with E-state index in [0.29, 0.717) is 6.54 Å². The first-order chi connectivity index (χ1) is 9.01. The van der Waals surface area contributed by atoms with E-state index in [2.05, 4.69) is 15.9 Å². The van der Waals surface area contributed by atoms with E-state index in [0.717, 1.165) is 12.1 Å². The molecule has 20 heavy (non-hydrogen) atoms. The summed E-state index contributed by atoms with van der Waals surface area (Å²) in [4.78, 5) is -0.143. The Morgan fingerprint density at radius 2 is 2.00 bits per heavy atom. The van der Waals surface area contributed by atoms with Gasteiger partial charge in [-0.05, 0) is 40.0 Å². The third-order valence-electron chi connectivity index (χ3n) is 2.83. The minimum atomic E-state index is -3.83. The first-order valence-electron chi connectivity index (χ1n) is 5.82. The van der Waals surface area contributed by atoms with Crippen LogP contribution in [0, 0.1) is 11.2 Å². The third-order valence-corrected chi connectivity index (χ3v) is 6.04. The molecule has 0 fully saturated rings. The highest BCUT2D eigenvalue weighted by atomic mass is 79.9. The molecule has 1 aromatic carbocycles. The Bertz CT molecular complexity index is 584. The van der Waals surface area contributed by atoms with Crippen LogP contribution in [0.5, 0.6) is 0 Å². The number of halogens is 3. The summed E-state index contributed by atoms with van der Waals surface area (Å²) in [5.74, 6) is -0.606. The van der Waals surface area contributed by atoms with Crippen LogP contribution < -0.4 is 5.73 Å². The summed E-state index contributed by atoms with van der Waals surface area (Å²) in [6.45, 7) is 4.29. The van der Waals surface area contributed by atoms with Gasteiger partial charge >= 0.3 is 0 Å². The largest absolute Gasteiger partial charge is 0.330 e. The number of nitrogens with zero attached hydrogens (tertiary/aromatic N) is 1. The molecule has 1 rings (SSSR count). The monoisotopic (exact) mass is 386 g/mol. The quantitative estimate of drug-likeness (QED) is 0.845. The molecule has 0 unspecified atom stereocenters. The Kier molecular flexibility index (Phi) is 5.60. The fraction of sp³-hybridized carbons (Fsp3) is 0.500. The van der Waals surface area contributed by atoms with Crippen molar-refractivity contribution in [3.05, 3.63) is 27.4 Å². The van der Waals surface area contributed by atoms with Crippen molar-refractivity contribution >= 4 is 37.6 Å². The van der Waals surface area contributed by atoms with Crippen molar-refractivity contribution in [3.8, 4) is 0 Å². The van der Waals surface area contributed by atoms with Crippen LogP contribution in [-0.2, 0) is 10.0 Å². The second-order valence-electron chi connectivity index (χ2n) is 5.33. The highest BCUT2D eigenvalue weighted by molar-refractivity contribution is 9.10. The van der Waals surface area contributed by atoms with Crippen LogP contribution in [0.15, 0.2) is 21.5 Å². The van der Waals surface area contributed by atoms with Crippen LogP contribution in [-0.4, -0.2) is 32.9 Å². The Labute approximate surface area is 132 Å². The van der Waals surface area contributed by atoms with Gasteiger partial charge < -0.3 is 5.73 Å². The zero-order valence-corrected chi connectivity index (χ0v) is 14.6. The van der Waals surface area contributed by atoms with E-state index in [1.54, 1.807) is 0 Å². The summed E-state index contributed by atoms with van der Waals surface area (Å²) < 4.78 is 39.5. The van der Waals surface area contributed by atoms with Crippen LogP contribution >= 0.6 is 27.5 Å². The maximum atomic E-state index is 13.2. The minimum absolute atomic E-state index is 0.0971. The van der Waals surface area contributed by atoms with E-state index in [1.165, 1.54) is 11.4 Å². The Balaban J connectivity index is 3.24. The Morgan fingerprint density at radius 1 is 1.45 bits per heavy atom. The van der Waals surface area contributed by atoms with Gasteiger partial charge in [0, 0.05) is 18.1 Å². The molecular weight excluding hydrogens is 371 g/mol. The van der Waals surface area contributed by atoms with Crippen LogP contribution in [0.3, 0.4) is 0 Å². The van der Waals surface area contributed by atoms with Crippen molar-refractivity contribution in [2.75, 3.05) is 20.1 Å². The standard InChI is InChI=1S/C12H17BrClFN2O2S/c1-12(2,6-16)7-17(3)20(18,19)11-9(13)4-8(15)5-10(11)14/h4-5H,6-7,16H2,1-3H3. The zero-order valence-electron chi connectivity index (χ0n) is 11.5. The van der Waals surface area contributed by atoms with Crippen LogP contribution in [0.25, 0.3) is 0 Å². The molecule has 0 spiro atoms. The number of hydrogen-bond donors (Lipinski definition) is 1. The highest BCUT2D eigenvalue weighted by Crippen LogP contribution is 2.33. The van der Waals surface area contributed by atoms with E-state index < -0.39 is 15.8 Å². The lowest BCUT2D eigenvalue weighted by molar-refractivity contribution is 0.292. The molecule has 0 amide bonds. The summed E-state index contributed by atoms with van der Waals surface area (Å²) in [7, 11) is -2.38. The maximum absolute atomic E-state index is 13.2. The molecule has 0 aliphatic heterocycles. The van der Waals surface area contributed by atoms with Gasteiger partial charge in [0.2, 0.25) is 10.0 Å². The van der Waals surface area contributed by atoms with Crippen molar-refractivity contribution in [3.63, 3.8) is 0 Å². The molecule has 0 bridgehead atoms. The van der Waals surface area contributed by atoms with Gasteiger partial charge in [0.15, 0.2) is 0 Å². The van der Waals surface area contributed by atoms with E-state index in [-0.39, 0.29) is 26.4 Å². The van der Waals surface area contributed by atoms with Gasteiger partial charge in [0.05, 0.1) is 5.02 Å². The average molecular weight is 388 g/mol. The smallest absolute Gasteiger partial charge is 0.245 e. The molecule has 8 heteroatoms. The fourth-order valence-electron chi connectivity index (χ4n) is 1.68. The van der Waals surface area contributed by atoms with Crippen molar-refractivity contribution in [1.29, 1.82) is 0 Å². The van der Waals surface area contributed by atoms with Gasteiger partial charge in [0.25, 0.3) is 0 Å². The number of nitrogens with two attached hydrogens (primary N) is 1. The molecule has 1 aromatic rings. The fourth-order valence-corrected chi connectivity index (χ4v) is 4.78. The van der Waals surface area contributed by atoms with E-state index in [4.69, 9.17) is 17.3 Å². The molecule has 114 valence electrons. The van der Waals surface area contributed by atoms with Crippen LogP contribution in [0.4, 0.5) is 4.39 Å². The van der Waals surface area contributed by atoms with Crippen molar-refractivity contribution in [2.45, 2.75) is 18.7 Å². The van der Waals surface area contributed by atoms with Gasteiger partial charge in [-0.1, -0.05) is 25.4 Å². The SMILES string of the molecule is CN(CC(C)(C)CN)S(=O)(=O)c1c(Cl)cc(F)cc1Br. The van der Waals surface area contributed by atoms with Crippen molar-refractivity contribution in [2.24, 2.45) is 11.1 Å². The van der Waals surface area contributed by atoms with Crippen molar-refractivity contribution in [1.82, 2.24) is 4.31 Å². The first-order valence-corrected chi connectivity index (χ1v) is 8.43. The van der Waals surface area contributed by atoms with Crippen LogP contribution in [0.1, 0.15) is 13.8 Å². The van der Waals surface area contributed by atoms with Crippen LogP contribution in [0.2, 0.25) is 5.02 Å². The zero-order chi connectivity index (χ0) is 15.7. The summed E-state index contributed by atoms with van der Waals surface area (Å²) in [6.07, 6.45) is 0.